The van der Waals surface area contributed by atoms with E-state index in [-0.39, 0.29) is 3.92 Å². The number of rotatable bonds is 0. The van der Waals surface area contributed by atoms with Crippen molar-refractivity contribution < 1.29 is 0 Å². The number of nitrogens with two attached hydrogens (primary N) is 1. The van der Waals surface area contributed by atoms with Gasteiger partial charge in [0, 0.05) is 6.21 Å². The van der Waals surface area contributed by atoms with Crippen LogP contribution in [0.4, 0.5) is 11.6 Å². The lowest BCUT2D eigenvalue weighted by atomic mass is 10.2. The zero-order chi connectivity index (χ0) is 7.84. The molecule has 1 aliphatic rings. The number of hydrogen-bond acceptors (Lipinski definition) is 4. The number of alkyl halides is 1. The van der Waals surface area contributed by atoms with E-state index in [4.69, 9.17) is 5.73 Å². The molecule has 56 valence electrons. The lowest BCUT2D eigenvalue weighted by Gasteiger charge is -2.01. The molecule has 0 aliphatic carbocycles. The minimum absolute atomic E-state index is 0.226. The summed E-state index contributed by atoms with van der Waals surface area (Å²) in [4.78, 5) is 11.9. The zero-order valence-corrected chi connectivity index (χ0v) is 7.69. The second-order valence-electron chi connectivity index (χ2n) is 2.18. The molecule has 0 aromatic carbocycles. The summed E-state index contributed by atoms with van der Waals surface area (Å²) in [6, 6.07) is 0. The first-order valence-corrected chi connectivity index (χ1v) is 4.32. The van der Waals surface area contributed by atoms with E-state index in [9.17, 15) is 0 Å². The summed E-state index contributed by atoms with van der Waals surface area (Å²) in [5, 5.41) is 0. The number of anilines is 1. The Morgan fingerprint density at radius 1 is 1.45 bits per heavy atom. The van der Waals surface area contributed by atoms with E-state index >= 15 is 0 Å². The first-order valence-electron chi connectivity index (χ1n) is 3.07. The number of nitrogens with zero attached hydrogens (tertiary/aromatic N) is 3. The molecule has 2 N–H and O–H groups in total. The Hall–Kier alpha value is -0.720. The summed E-state index contributed by atoms with van der Waals surface area (Å²) in [7, 11) is 0. The van der Waals surface area contributed by atoms with Gasteiger partial charge in [-0.15, -0.1) is 0 Å². The summed E-state index contributed by atoms with van der Waals surface area (Å²) in [6.07, 6.45) is 3.25. The van der Waals surface area contributed by atoms with E-state index in [0.717, 1.165) is 5.56 Å². The highest BCUT2D eigenvalue weighted by molar-refractivity contribution is 14.1. The van der Waals surface area contributed by atoms with Crippen molar-refractivity contribution in [1.82, 2.24) is 9.97 Å². The van der Waals surface area contributed by atoms with E-state index in [1.54, 1.807) is 0 Å². The van der Waals surface area contributed by atoms with Crippen LogP contribution < -0.4 is 5.73 Å². The molecular weight excluding hydrogens is 255 g/mol. The van der Waals surface area contributed by atoms with Crippen LogP contribution >= 0.6 is 22.6 Å². The molecule has 0 radical (unpaired) electrons. The highest BCUT2D eigenvalue weighted by Crippen LogP contribution is 2.36. The van der Waals surface area contributed by atoms with E-state index < -0.39 is 0 Å². The van der Waals surface area contributed by atoms with Gasteiger partial charge in [-0.2, -0.15) is 0 Å². The molecule has 5 heteroatoms. The largest absolute Gasteiger partial charge is 0.383 e. The van der Waals surface area contributed by atoms with Gasteiger partial charge in [0.05, 0.1) is 9.49 Å². The molecule has 0 saturated heterocycles. The number of hydrogen-bond donors (Lipinski definition) is 1. The van der Waals surface area contributed by atoms with Gasteiger partial charge in [0.25, 0.3) is 0 Å². The average molecular weight is 260 g/mol. The maximum atomic E-state index is 5.63. The average Bonchev–Trinajstić information content (AvgIpc) is 2.34. The summed E-state index contributed by atoms with van der Waals surface area (Å²) >= 11 is 2.24. The van der Waals surface area contributed by atoms with Gasteiger partial charge in [-0.25, -0.2) is 15.0 Å². The number of halogens is 1. The van der Waals surface area contributed by atoms with Crippen LogP contribution in [0.25, 0.3) is 0 Å². The summed E-state index contributed by atoms with van der Waals surface area (Å²) in [5.74, 6) is 1.24. The first-order chi connectivity index (χ1) is 5.29. The molecular formula is C6H5IN4. The Bertz CT molecular complexity index is 322. The fourth-order valence-electron chi connectivity index (χ4n) is 0.977. The van der Waals surface area contributed by atoms with Crippen LogP contribution in [0, 0.1) is 0 Å². The van der Waals surface area contributed by atoms with Crippen molar-refractivity contribution in [3.05, 3.63) is 11.9 Å². The van der Waals surface area contributed by atoms with Crippen molar-refractivity contribution in [2.45, 2.75) is 3.92 Å². The number of aromatic nitrogens is 2. The highest BCUT2D eigenvalue weighted by Gasteiger charge is 2.20. The first kappa shape index (κ1) is 6.96. The molecule has 4 nitrogen and oxygen atoms in total. The van der Waals surface area contributed by atoms with E-state index in [1.165, 1.54) is 6.33 Å². The molecule has 0 spiro atoms. The van der Waals surface area contributed by atoms with Crippen molar-refractivity contribution in [3.8, 4) is 0 Å². The summed E-state index contributed by atoms with van der Waals surface area (Å²) < 4.78 is 0.226. The third-order valence-corrected chi connectivity index (χ3v) is 2.44. The zero-order valence-electron chi connectivity index (χ0n) is 5.53. The molecule has 2 rings (SSSR count). The van der Waals surface area contributed by atoms with Crippen LogP contribution in [-0.4, -0.2) is 16.2 Å². The topological polar surface area (TPSA) is 64.2 Å². The quantitative estimate of drug-likeness (QED) is 0.564. The Labute approximate surface area is 77.1 Å². The Morgan fingerprint density at radius 3 is 3.00 bits per heavy atom. The van der Waals surface area contributed by atoms with Crippen LogP contribution in [0.5, 0.6) is 0 Å². The minimum Gasteiger partial charge on any atom is -0.383 e. The van der Waals surface area contributed by atoms with Crippen molar-refractivity contribution >= 4 is 40.4 Å². The van der Waals surface area contributed by atoms with Crippen LogP contribution in [0.2, 0.25) is 0 Å². The van der Waals surface area contributed by atoms with Crippen molar-refractivity contribution in [3.63, 3.8) is 0 Å². The maximum Gasteiger partial charge on any atom is 0.161 e. The molecule has 1 aromatic rings. The summed E-state index contributed by atoms with van der Waals surface area (Å²) in [5.41, 5.74) is 6.56. The van der Waals surface area contributed by atoms with Crippen LogP contribution in [0.15, 0.2) is 11.3 Å². The molecule has 1 unspecified atom stereocenters. The number of fused-ring (bicyclic) bond motifs is 1. The number of nitrogen functional groups attached to an aromatic ring is 1. The van der Waals surface area contributed by atoms with Crippen LogP contribution in [0.3, 0.4) is 0 Å². The van der Waals surface area contributed by atoms with Gasteiger partial charge in [-0.1, -0.05) is 22.6 Å². The van der Waals surface area contributed by atoms with Crippen molar-refractivity contribution in [2.24, 2.45) is 4.99 Å². The molecule has 1 aromatic heterocycles. The van der Waals surface area contributed by atoms with Crippen molar-refractivity contribution in [2.75, 3.05) is 5.73 Å². The normalized spacial score (nSPS) is 20.3. The van der Waals surface area contributed by atoms with E-state index in [0.29, 0.717) is 11.6 Å². The van der Waals surface area contributed by atoms with Crippen LogP contribution in [0.1, 0.15) is 9.49 Å². The minimum atomic E-state index is 0.226. The molecule has 0 saturated carbocycles. The number of aliphatic imine (C=N–C) groups is 1. The third-order valence-electron chi connectivity index (χ3n) is 1.50. The lowest BCUT2D eigenvalue weighted by molar-refractivity contribution is 1.14. The van der Waals surface area contributed by atoms with Gasteiger partial charge < -0.3 is 5.73 Å². The highest BCUT2D eigenvalue weighted by atomic mass is 127. The fourth-order valence-corrected chi connectivity index (χ4v) is 1.74. The van der Waals surface area contributed by atoms with Gasteiger partial charge in [0.2, 0.25) is 0 Å². The lowest BCUT2D eigenvalue weighted by Crippen LogP contribution is -1.98. The molecule has 1 aliphatic heterocycles. The molecule has 0 fully saturated rings. The van der Waals surface area contributed by atoms with E-state index in [2.05, 4.69) is 37.6 Å². The molecule has 11 heavy (non-hydrogen) atoms. The molecule has 1 atom stereocenters. The molecule has 0 bridgehead atoms. The van der Waals surface area contributed by atoms with Gasteiger partial charge >= 0.3 is 0 Å². The monoisotopic (exact) mass is 260 g/mol. The summed E-state index contributed by atoms with van der Waals surface area (Å²) in [6.45, 7) is 0. The second kappa shape index (κ2) is 2.40. The van der Waals surface area contributed by atoms with Gasteiger partial charge in [0.15, 0.2) is 5.82 Å². The Kier molecular flexibility index (Phi) is 1.52. The smallest absolute Gasteiger partial charge is 0.161 e. The van der Waals surface area contributed by atoms with Gasteiger partial charge in [0.1, 0.15) is 12.1 Å². The molecule has 0 amide bonds. The Balaban J connectivity index is 2.65. The Morgan fingerprint density at radius 2 is 2.27 bits per heavy atom. The molecule has 2 heterocycles. The SMILES string of the molecule is Nc1ncnc2c1C(I)C=N2. The standard InChI is InChI=1S/C6H5IN4/c7-3-1-9-6-4(3)5(8)10-2-11-6/h1-3H,(H2,8,10,11). The predicted molar refractivity (Wildman–Crippen MR) is 51.4 cm³/mol. The third kappa shape index (κ3) is 0.991. The fraction of sp³-hybridized carbons (Fsp3) is 0.167. The van der Waals surface area contributed by atoms with E-state index in [1.807, 2.05) is 6.21 Å². The van der Waals surface area contributed by atoms with Gasteiger partial charge in [-0.05, 0) is 0 Å². The maximum absolute atomic E-state index is 5.63. The second-order valence-corrected chi connectivity index (χ2v) is 3.52. The van der Waals surface area contributed by atoms with Crippen molar-refractivity contribution in [1.29, 1.82) is 0 Å². The van der Waals surface area contributed by atoms with Gasteiger partial charge in [-0.3, -0.25) is 0 Å². The predicted octanol–water partition coefficient (Wildman–Crippen LogP) is 1.25. The van der Waals surface area contributed by atoms with Crippen LogP contribution in [-0.2, 0) is 0 Å².